The summed E-state index contributed by atoms with van der Waals surface area (Å²) in [6.45, 7) is 1.43. The number of benzene rings is 2. The summed E-state index contributed by atoms with van der Waals surface area (Å²) in [4.78, 5) is 23.5. The number of amides is 1. The van der Waals surface area contributed by atoms with Gasteiger partial charge in [-0.3, -0.25) is 9.59 Å². The van der Waals surface area contributed by atoms with Crippen LogP contribution in [0.3, 0.4) is 0 Å². The van der Waals surface area contributed by atoms with Crippen molar-refractivity contribution in [1.82, 2.24) is 14.9 Å². The summed E-state index contributed by atoms with van der Waals surface area (Å²) in [5.41, 5.74) is 1.65. The Labute approximate surface area is 170 Å². The van der Waals surface area contributed by atoms with Crippen LogP contribution < -0.4 is 22.0 Å². The lowest BCUT2D eigenvalue weighted by atomic mass is 10.2. The summed E-state index contributed by atoms with van der Waals surface area (Å²) >= 11 is 7.40. The smallest absolute Gasteiger partial charge is 0.315 e. The number of carbonyl (C=O) groups excluding carboxylic acids is 1. The van der Waals surface area contributed by atoms with Crippen molar-refractivity contribution in [1.29, 1.82) is 0 Å². The molecule has 0 saturated heterocycles. The van der Waals surface area contributed by atoms with Crippen LogP contribution in [0.15, 0.2) is 58.5 Å². The Hall–Kier alpha value is -3.04. The number of hydrogen-bond donors (Lipinski definition) is 3. The first-order chi connectivity index (χ1) is 13.4. The number of rotatable bonds is 6. The molecule has 10 heteroatoms. The van der Waals surface area contributed by atoms with E-state index in [1.54, 1.807) is 30.3 Å². The number of nitrogen functional groups attached to an aromatic ring is 1. The third-order valence-corrected chi connectivity index (χ3v) is 5.01. The summed E-state index contributed by atoms with van der Waals surface area (Å²) in [6, 6.07) is 14.2. The minimum Gasteiger partial charge on any atom is -0.334 e. The summed E-state index contributed by atoms with van der Waals surface area (Å²) in [5, 5.41) is 14.4. The number of carbonyl (C=O) groups is 1. The molecule has 2 aromatic carbocycles. The van der Waals surface area contributed by atoms with E-state index in [4.69, 9.17) is 17.4 Å². The maximum absolute atomic E-state index is 12.5. The molecule has 0 saturated carbocycles. The van der Waals surface area contributed by atoms with Crippen molar-refractivity contribution in [3.63, 3.8) is 0 Å². The molecule has 1 amide bonds. The first kappa shape index (κ1) is 19.7. The van der Waals surface area contributed by atoms with Crippen molar-refractivity contribution < 1.29 is 4.79 Å². The molecule has 0 aliphatic carbocycles. The fourth-order valence-electron chi connectivity index (χ4n) is 2.30. The lowest BCUT2D eigenvalue weighted by molar-refractivity contribution is -0.114. The fourth-order valence-corrected chi connectivity index (χ4v) is 3.43. The Morgan fingerprint density at radius 3 is 2.50 bits per heavy atom. The van der Waals surface area contributed by atoms with Crippen molar-refractivity contribution in [2.24, 2.45) is 0 Å². The van der Waals surface area contributed by atoms with Gasteiger partial charge in [0.25, 0.3) is 0 Å². The molecule has 0 aliphatic rings. The predicted molar refractivity (Wildman–Crippen MR) is 111 cm³/mol. The summed E-state index contributed by atoms with van der Waals surface area (Å²) in [7, 11) is 0. The highest BCUT2D eigenvalue weighted by molar-refractivity contribution is 7.98. The first-order valence-electron chi connectivity index (χ1n) is 8.19. The Morgan fingerprint density at radius 1 is 1.14 bits per heavy atom. The highest BCUT2D eigenvalue weighted by Gasteiger charge is 2.12. The third kappa shape index (κ3) is 4.81. The number of nitrogens with one attached hydrogen (secondary N) is 2. The summed E-state index contributed by atoms with van der Waals surface area (Å²) in [5.74, 6) is 6.21. The van der Waals surface area contributed by atoms with Gasteiger partial charge in [-0.2, -0.15) is 4.68 Å². The molecule has 4 N–H and O–H groups in total. The molecular formula is C18H17ClN6O2S. The zero-order chi connectivity index (χ0) is 20.1. The average molecular weight is 417 g/mol. The van der Waals surface area contributed by atoms with Crippen LogP contribution in [0.5, 0.6) is 0 Å². The highest BCUT2D eigenvalue weighted by atomic mass is 35.5. The molecule has 28 heavy (non-hydrogen) atoms. The van der Waals surface area contributed by atoms with Crippen LogP contribution in [0.1, 0.15) is 12.5 Å². The average Bonchev–Trinajstić information content (AvgIpc) is 2.67. The van der Waals surface area contributed by atoms with E-state index in [9.17, 15) is 9.59 Å². The number of anilines is 3. The number of thioether (sulfide) groups is 1. The van der Waals surface area contributed by atoms with Gasteiger partial charge < -0.3 is 16.5 Å². The van der Waals surface area contributed by atoms with Crippen molar-refractivity contribution >= 4 is 46.5 Å². The SMILES string of the molecule is CC(=O)Nc1ccc(Nc2nnc(SCc3ccccc3Cl)n(N)c2=O)cc1. The Bertz CT molecular complexity index is 1050. The molecule has 8 nitrogen and oxygen atoms in total. The van der Waals surface area contributed by atoms with Crippen molar-refractivity contribution in [2.45, 2.75) is 17.8 Å². The quantitative estimate of drug-likeness (QED) is 0.418. The van der Waals surface area contributed by atoms with Crippen LogP contribution in [-0.2, 0) is 10.5 Å². The molecule has 0 unspecified atom stereocenters. The molecule has 0 radical (unpaired) electrons. The van der Waals surface area contributed by atoms with Crippen LogP contribution >= 0.6 is 23.4 Å². The third-order valence-electron chi connectivity index (χ3n) is 3.65. The van der Waals surface area contributed by atoms with Gasteiger partial charge in [-0.25, -0.2) is 0 Å². The van der Waals surface area contributed by atoms with Gasteiger partial charge in [0.05, 0.1) is 0 Å². The lowest BCUT2D eigenvalue weighted by Crippen LogP contribution is -2.32. The lowest BCUT2D eigenvalue weighted by Gasteiger charge is -2.10. The van der Waals surface area contributed by atoms with Crippen LogP contribution in [0, 0.1) is 0 Å². The van der Waals surface area contributed by atoms with Gasteiger partial charge in [0, 0.05) is 29.1 Å². The van der Waals surface area contributed by atoms with E-state index in [1.807, 2.05) is 18.2 Å². The van der Waals surface area contributed by atoms with Gasteiger partial charge in [0.1, 0.15) is 0 Å². The molecule has 0 spiro atoms. The van der Waals surface area contributed by atoms with Gasteiger partial charge in [-0.15, -0.1) is 10.2 Å². The zero-order valence-corrected chi connectivity index (χ0v) is 16.4. The van der Waals surface area contributed by atoms with Crippen molar-refractivity contribution in [3.05, 3.63) is 69.5 Å². The maximum Gasteiger partial charge on any atom is 0.315 e. The largest absolute Gasteiger partial charge is 0.334 e. The zero-order valence-electron chi connectivity index (χ0n) is 14.8. The van der Waals surface area contributed by atoms with Crippen LogP contribution in [-0.4, -0.2) is 20.8 Å². The van der Waals surface area contributed by atoms with E-state index in [0.29, 0.717) is 22.2 Å². The molecule has 0 atom stereocenters. The minimum absolute atomic E-state index is 0.00290. The molecular weight excluding hydrogens is 400 g/mol. The molecule has 0 fully saturated rings. The molecule has 0 aliphatic heterocycles. The number of hydrogen-bond acceptors (Lipinski definition) is 7. The number of aromatic nitrogens is 3. The Morgan fingerprint density at radius 2 is 1.82 bits per heavy atom. The topological polar surface area (TPSA) is 115 Å². The minimum atomic E-state index is -0.511. The number of nitrogens with zero attached hydrogens (tertiary/aromatic N) is 3. The van der Waals surface area contributed by atoms with Crippen molar-refractivity contribution in [3.8, 4) is 0 Å². The van der Waals surface area contributed by atoms with E-state index in [-0.39, 0.29) is 16.9 Å². The first-order valence-corrected chi connectivity index (χ1v) is 9.56. The standard InChI is InChI=1S/C18H17ClN6O2S/c1-11(26)21-13-6-8-14(9-7-13)22-16-17(27)25(20)18(24-23-16)28-10-12-4-2-3-5-15(12)19/h2-9H,10,20H2,1H3,(H,21,26)(H,22,23). The van der Waals surface area contributed by atoms with Crippen molar-refractivity contribution in [2.75, 3.05) is 16.5 Å². The molecule has 0 bridgehead atoms. The van der Waals surface area contributed by atoms with Crippen LogP contribution in [0.2, 0.25) is 5.02 Å². The summed E-state index contributed by atoms with van der Waals surface area (Å²) < 4.78 is 0.947. The van der Waals surface area contributed by atoms with E-state index in [1.165, 1.54) is 18.7 Å². The molecule has 1 heterocycles. The second kappa shape index (κ2) is 8.77. The van der Waals surface area contributed by atoms with Crippen LogP contribution in [0.25, 0.3) is 0 Å². The second-order valence-electron chi connectivity index (χ2n) is 5.77. The van der Waals surface area contributed by atoms with E-state index in [0.717, 1.165) is 10.2 Å². The van der Waals surface area contributed by atoms with Gasteiger partial charge in [0.15, 0.2) is 0 Å². The van der Waals surface area contributed by atoms with E-state index in [2.05, 4.69) is 20.8 Å². The second-order valence-corrected chi connectivity index (χ2v) is 7.12. The molecule has 144 valence electrons. The number of halogens is 1. The molecule has 1 aromatic heterocycles. The fraction of sp³-hybridized carbons (Fsp3) is 0.111. The predicted octanol–water partition coefficient (Wildman–Crippen LogP) is 3.00. The van der Waals surface area contributed by atoms with Gasteiger partial charge in [-0.1, -0.05) is 41.6 Å². The maximum atomic E-state index is 12.5. The van der Waals surface area contributed by atoms with E-state index >= 15 is 0 Å². The summed E-state index contributed by atoms with van der Waals surface area (Å²) in [6.07, 6.45) is 0. The van der Waals surface area contributed by atoms with E-state index < -0.39 is 5.56 Å². The Balaban J connectivity index is 1.72. The number of nitrogens with two attached hydrogens (primary N) is 1. The highest BCUT2D eigenvalue weighted by Crippen LogP contribution is 2.24. The normalized spacial score (nSPS) is 10.5. The monoisotopic (exact) mass is 416 g/mol. The van der Waals surface area contributed by atoms with Gasteiger partial charge in [-0.05, 0) is 35.9 Å². The molecule has 3 rings (SSSR count). The molecule has 3 aromatic rings. The van der Waals surface area contributed by atoms with Gasteiger partial charge >= 0.3 is 5.56 Å². The van der Waals surface area contributed by atoms with Crippen LogP contribution in [0.4, 0.5) is 17.2 Å². The Kier molecular flexibility index (Phi) is 6.17. The van der Waals surface area contributed by atoms with Gasteiger partial charge in [0.2, 0.25) is 16.9 Å².